The number of allylic oxidation sites excluding steroid dienone is 3. The lowest BCUT2D eigenvalue weighted by Gasteiger charge is -2.58. The Balaban J connectivity index is 0.00000562. The minimum Gasteiger partial charge on any atom is -0.870 e. The molecule has 1 aromatic heterocycles. The Morgan fingerprint density at radius 2 is 1.78 bits per heavy atom. The van der Waals surface area contributed by atoms with Crippen molar-refractivity contribution in [1.29, 1.82) is 0 Å². The van der Waals surface area contributed by atoms with Crippen molar-refractivity contribution in [1.82, 2.24) is 5.32 Å². The van der Waals surface area contributed by atoms with Gasteiger partial charge < -0.3 is 20.4 Å². The van der Waals surface area contributed by atoms with Crippen LogP contribution in [0.25, 0.3) is 0 Å². The average molecular weight is 717 g/mol. The molecule has 3 fully saturated rings. The van der Waals surface area contributed by atoms with Crippen LogP contribution >= 0.6 is 7.82 Å². The van der Waals surface area contributed by atoms with Gasteiger partial charge in [0.1, 0.15) is 12.7 Å². The van der Waals surface area contributed by atoms with Crippen molar-refractivity contribution in [2.45, 2.75) is 118 Å². The molecule has 3 saturated carbocycles. The van der Waals surface area contributed by atoms with Gasteiger partial charge in [0.05, 0.1) is 6.61 Å². The number of carbonyl (C=O) groups is 1. The summed E-state index contributed by atoms with van der Waals surface area (Å²) in [5.41, 5.74) is 2.13. The van der Waals surface area contributed by atoms with Crippen LogP contribution in [0.5, 0.6) is 0 Å². The lowest BCUT2D eigenvalue weighted by atomic mass is 9.47. The van der Waals surface area contributed by atoms with Crippen LogP contribution in [-0.2, 0) is 24.9 Å². The molecule has 0 radical (unpaired) electrons. The molecule has 1 heterocycles. The number of alkyl carbamates (subject to hydrolysis) is 1. The number of fused-ring (bicyclic) bond motifs is 5. The van der Waals surface area contributed by atoms with Crippen LogP contribution in [0.3, 0.4) is 0 Å². The zero-order chi connectivity index (χ0) is 35.2. The molecule has 9 nitrogen and oxygen atoms in total. The Kier molecular flexibility index (Phi) is 14.4. The van der Waals surface area contributed by atoms with E-state index in [1.165, 1.54) is 44.1 Å². The number of rotatable bonds is 15. The molecule has 1 amide bonds. The maximum absolute atomic E-state index is 12.7. The van der Waals surface area contributed by atoms with Gasteiger partial charge in [-0.1, -0.05) is 71.4 Å². The van der Waals surface area contributed by atoms with Crippen molar-refractivity contribution in [2.75, 3.05) is 19.8 Å². The predicted molar refractivity (Wildman–Crippen MR) is 195 cm³/mol. The summed E-state index contributed by atoms with van der Waals surface area (Å²) < 4.78 is 30.0. The second kappa shape index (κ2) is 17.7. The lowest BCUT2D eigenvalue weighted by molar-refractivity contribution is -0.697. The van der Waals surface area contributed by atoms with Crippen molar-refractivity contribution in [3.05, 3.63) is 54.4 Å². The third-order valence-corrected chi connectivity index (χ3v) is 14.3. The minimum atomic E-state index is -4.15. The Morgan fingerprint density at radius 3 is 2.50 bits per heavy atom. The largest absolute Gasteiger partial charge is 0.870 e. The van der Waals surface area contributed by atoms with E-state index in [9.17, 15) is 14.3 Å². The summed E-state index contributed by atoms with van der Waals surface area (Å²) in [6.45, 7) is 15.4. The highest BCUT2D eigenvalue weighted by Crippen LogP contribution is 2.67. The number of aromatic nitrogens is 1. The zero-order valence-electron chi connectivity index (χ0n) is 31.5. The van der Waals surface area contributed by atoms with Crippen molar-refractivity contribution in [3.8, 4) is 0 Å². The second-order valence-corrected chi connectivity index (χ2v) is 17.8. The molecule has 282 valence electrons. The van der Waals surface area contributed by atoms with E-state index < -0.39 is 13.9 Å². The molecule has 50 heavy (non-hydrogen) atoms. The molecule has 10 atom stereocenters. The number of carbonyl (C=O) groups excluding carboxylic acids is 1. The van der Waals surface area contributed by atoms with E-state index >= 15 is 0 Å². The second-order valence-electron chi connectivity index (χ2n) is 16.3. The number of ether oxygens (including phenoxy) is 1. The van der Waals surface area contributed by atoms with Crippen LogP contribution in [0, 0.1) is 52.3 Å². The van der Waals surface area contributed by atoms with Gasteiger partial charge in [0, 0.05) is 25.1 Å². The highest BCUT2D eigenvalue weighted by Gasteiger charge is 2.59. The van der Waals surface area contributed by atoms with Crippen molar-refractivity contribution >= 4 is 13.9 Å². The molecule has 1 aromatic rings. The zero-order valence-corrected chi connectivity index (χ0v) is 32.4. The smallest absolute Gasteiger partial charge is 0.472 e. The SMILES string of the molecule is CC[C@H](/C=C/[C@@H](C)[C@H]1CCC2C3CC=C4C[C@@H](OC(=O)NCCCOP(=O)(O)OCC[n+]5ccccc5)CC[C@]4(C)C3CC[C@@]21C)C(C)C.[OH-]. The molecule has 0 aliphatic heterocycles. The summed E-state index contributed by atoms with van der Waals surface area (Å²) in [7, 11) is -4.15. The van der Waals surface area contributed by atoms with Gasteiger partial charge in [0.2, 0.25) is 0 Å². The Bertz CT molecular complexity index is 1350. The fourth-order valence-electron chi connectivity index (χ4n) is 10.4. The molecule has 5 rings (SSSR count). The van der Waals surface area contributed by atoms with Gasteiger partial charge in [-0.15, -0.1) is 0 Å². The number of hydrogen-bond acceptors (Lipinski definition) is 6. The van der Waals surface area contributed by atoms with Gasteiger partial charge in [-0.3, -0.25) is 9.05 Å². The van der Waals surface area contributed by atoms with E-state index in [0.29, 0.717) is 42.7 Å². The molecule has 10 heteroatoms. The maximum Gasteiger partial charge on any atom is 0.472 e. The summed E-state index contributed by atoms with van der Waals surface area (Å²) in [6.07, 6.45) is 21.7. The molecule has 0 saturated heterocycles. The topological polar surface area (TPSA) is 128 Å². The van der Waals surface area contributed by atoms with Crippen LogP contribution < -0.4 is 9.88 Å². The van der Waals surface area contributed by atoms with Gasteiger partial charge in [0.25, 0.3) is 0 Å². The number of phosphoric ester groups is 1. The van der Waals surface area contributed by atoms with E-state index in [4.69, 9.17) is 13.8 Å². The van der Waals surface area contributed by atoms with Gasteiger partial charge in [-0.25, -0.2) is 13.9 Å². The van der Waals surface area contributed by atoms with E-state index in [1.807, 2.05) is 35.2 Å². The van der Waals surface area contributed by atoms with Crippen LogP contribution in [0.2, 0.25) is 0 Å². The molecule has 4 aliphatic carbocycles. The maximum atomic E-state index is 12.7. The van der Waals surface area contributed by atoms with Gasteiger partial charge in [0.15, 0.2) is 18.9 Å². The Morgan fingerprint density at radius 1 is 1.04 bits per heavy atom. The van der Waals surface area contributed by atoms with E-state index in [1.54, 1.807) is 0 Å². The fourth-order valence-corrected chi connectivity index (χ4v) is 11.2. The first-order chi connectivity index (χ1) is 23.4. The summed E-state index contributed by atoms with van der Waals surface area (Å²) in [5, 5.41) is 2.79. The molecular formula is C40H65N2O7P. The van der Waals surface area contributed by atoms with E-state index in [-0.39, 0.29) is 30.2 Å². The van der Waals surface area contributed by atoms with Gasteiger partial charge in [-0.2, -0.15) is 0 Å². The number of pyridine rings is 1. The van der Waals surface area contributed by atoms with Crippen LogP contribution in [0.1, 0.15) is 106 Å². The molecule has 4 aliphatic rings. The standard InChI is InChI=1S/C40H63N2O6P.H2O/c1-7-31(29(2)3)13-12-30(4)35-16-17-36-34-15-14-32-28-33(18-20-39(32,5)37(34)19-21-40(35,36)6)48-38(43)41-22-11-26-46-49(44,45)47-27-25-42-23-9-8-10-24-42;/h8-10,12-14,23-24,29-31,33-37H,7,11,15-22,25-28H2,1-6H3,(H-,41,43,44,45);1H2/b13-12+;/t30-,31-,33+,34?,35-,36?,37?,39+,40-;/m1./s1. The monoisotopic (exact) mass is 716 g/mol. The Labute approximate surface area is 301 Å². The first-order valence-electron chi connectivity index (χ1n) is 19.2. The summed E-state index contributed by atoms with van der Waals surface area (Å²) in [6, 6.07) is 5.66. The third kappa shape index (κ3) is 9.49. The van der Waals surface area contributed by atoms with Crippen LogP contribution in [-0.4, -0.2) is 42.3 Å². The molecule has 0 bridgehead atoms. The third-order valence-electron chi connectivity index (χ3n) is 13.3. The average Bonchev–Trinajstić information content (AvgIpc) is 3.42. The number of nitrogens with zero attached hydrogens (tertiary/aromatic N) is 1. The summed E-state index contributed by atoms with van der Waals surface area (Å²) >= 11 is 0. The van der Waals surface area contributed by atoms with Crippen molar-refractivity contribution in [3.63, 3.8) is 0 Å². The summed E-state index contributed by atoms with van der Waals surface area (Å²) in [4.78, 5) is 22.6. The van der Waals surface area contributed by atoms with Crippen LogP contribution in [0.4, 0.5) is 4.79 Å². The number of amides is 1. The molecule has 3 N–H and O–H groups in total. The van der Waals surface area contributed by atoms with Crippen molar-refractivity contribution in [2.24, 2.45) is 52.3 Å². The van der Waals surface area contributed by atoms with E-state index in [2.05, 4.69) is 65.1 Å². The molecular weight excluding hydrogens is 651 g/mol. The van der Waals surface area contributed by atoms with Gasteiger partial charge in [-0.05, 0) is 110 Å². The highest BCUT2D eigenvalue weighted by molar-refractivity contribution is 7.47. The molecule has 4 unspecified atom stereocenters. The quantitative estimate of drug-likeness (QED) is 0.0803. The van der Waals surface area contributed by atoms with E-state index in [0.717, 1.165) is 42.9 Å². The van der Waals surface area contributed by atoms with Gasteiger partial charge >= 0.3 is 13.9 Å². The minimum absolute atomic E-state index is 0. The van der Waals surface area contributed by atoms with Crippen LogP contribution in [0.15, 0.2) is 54.4 Å². The first-order valence-corrected chi connectivity index (χ1v) is 20.7. The first kappa shape index (κ1) is 40.7. The Hall–Kier alpha value is -2.03. The molecule has 0 aromatic carbocycles. The van der Waals surface area contributed by atoms with Crippen molar-refractivity contribution < 1.29 is 38.1 Å². The predicted octanol–water partition coefficient (Wildman–Crippen LogP) is 8.87. The number of nitrogens with one attached hydrogen (secondary N) is 1. The fraction of sp³-hybridized carbons (Fsp3) is 0.750. The molecule has 0 spiro atoms. The summed E-state index contributed by atoms with van der Waals surface area (Å²) in [5.74, 6) is 5.08. The highest BCUT2D eigenvalue weighted by atomic mass is 31.2. The normalized spacial score (nSPS) is 32.9. The number of phosphoric acid groups is 1. The lowest BCUT2D eigenvalue weighted by Crippen LogP contribution is -2.51. The number of hydrogen-bond donors (Lipinski definition) is 2.